The van der Waals surface area contributed by atoms with Gasteiger partial charge in [0.15, 0.2) is 0 Å². The van der Waals surface area contributed by atoms with Gasteiger partial charge in [-0.15, -0.1) is 11.3 Å². The van der Waals surface area contributed by atoms with Gasteiger partial charge in [0.25, 0.3) is 5.91 Å². The molecule has 0 aliphatic carbocycles. The Morgan fingerprint density at radius 1 is 1.04 bits per heavy atom. The van der Waals surface area contributed by atoms with Crippen molar-refractivity contribution in [3.05, 3.63) is 77.1 Å². The SMILES string of the molecule is O=C(Nc1cc2cc(-c3cncs3)ccc2cn1)c1ccc2c(c1)CNCC2. The molecule has 1 aliphatic heterocycles. The summed E-state index contributed by atoms with van der Waals surface area (Å²) >= 11 is 1.61. The Morgan fingerprint density at radius 3 is 2.89 bits per heavy atom. The van der Waals surface area contributed by atoms with E-state index in [2.05, 4.69) is 38.8 Å². The molecule has 2 aromatic heterocycles. The summed E-state index contributed by atoms with van der Waals surface area (Å²) in [5.74, 6) is 0.411. The molecule has 0 radical (unpaired) electrons. The molecule has 5 nitrogen and oxygen atoms in total. The largest absolute Gasteiger partial charge is 0.312 e. The molecule has 5 rings (SSSR count). The highest BCUT2D eigenvalue weighted by Crippen LogP contribution is 2.28. The van der Waals surface area contributed by atoms with E-state index in [9.17, 15) is 4.79 Å². The Balaban J connectivity index is 1.42. The first-order valence-corrected chi connectivity index (χ1v) is 10.1. The summed E-state index contributed by atoms with van der Waals surface area (Å²) in [7, 11) is 0. The van der Waals surface area contributed by atoms with E-state index in [1.54, 1.807) is 17.5 Å². The minimum Gasteiger partial charge on any atom is -0.312 e. The number of rotatable bonds is 3. The van der Waals surface area contributed by atoms with E-state index in [1.807, 2.05) is 36.0 Å². The summed E-state index contributed by atoms with van der Waals surface area (Å²) in [6.45, 7) is 1.80. The van der Waals surface area contributed by atoms with E-state index >= 15 is 0 Å². The number of fused-ring (bicyclic) bond motifs is 2. The first-order chi connectivity index (χ1) is 13.8. The van der Waals surface area contributed by atoms with Gasteiger partial charge in [-0.1, -0.05) is 18.2 Å². The van der Waals surface area contributed by atoms with Gasteiger partial charge in [0.2, 0.25) is 0 Å². The molecule has 1 aliphatic rings. The van der Waals surface area contributed by atoms with Crippen LogP contribution in [-0.2, 0) is 13.0 Å². The average molecular weight is 386 g/mol. The van der Waals surface area contributed by atoms with Crippen LogP contribution in [0.25, 0.3) is 21.2 Å². The van der Waals surface area contributed by atoms with Crippen LogP contribution < -0.4 is 10.6 Å². The van der Waals surface area contributed by atoms with Gasteiger partial charge in [-0.05, 0) is 59.3 Å². The zero-order valence-corrected chi connectivity index (χ0v) is 15.9. The fourth-order valence-corrected chi connectivity index (χ4v) is 4.15. The first-order valence-electron chi connectivity index (χ1n) is 9.19. The molecule has 0 atom stereocenters. The summed E-state index contributed by atoms with van der Waals surface area (Å²) in [5, 5.41) is 8.34. The molecule has 2 N–H and O–H groups in total. The number of hydrogen-bond acceptors (Lipinski definition) is 5. The Kier molecular flexibility index (Phi) is 4.35. The number of nitrogens with one attached hydrogen (secondary N) is 2. The number of carbonyl (C=O) groups excluding carboxylic acids is 1. The van der Waals surface area contributed by atoms with Gasteiger partial charge >= 0.3 is 0 Å². The standard InChI is InChI=1S/C22H18N4OS/c27-22(16-3-1-14-5-6-23-10-19(14)8-16)26-21-9-18-7-15(20-12-24-13-28-20)2-4-17(18)11-25-21/h1-4,7-9,11-13,23H,5-6,10H2,(H,25,26,27). The number of carbonyl (C=O) groups is 1. The van der Waals surface area contributed by atoms with Gasteiger partial charge in [-0.3, -0.25) is 9.78 Å². The summed E-state index contributed by atoms with van der Waals surface area (Å²) in [4.78, 5) is 22.4. The molecular formula is C22H18N4OS. The number of aromatic nitrogens is 2. The van der Waals surface area contributed by atoms with Gasteiger partial charge in [0.05, 0.1) is 10.4 Å². The van der Waals surface area contributed by atoms with Crippen LogP contribution >= 0.6 is 11.3 Å². The van der Waals surface area contributed by atoms with Gasteiger partial charge in [0, 0.05) is 29.9 Å². The van der Waals surface area contributed by atoms with Crippen LogP contribution in [-0.4, -0.2) is 22.4 Å². The van der Waals surface area contributed by atoms with Crippen molar-refractivity contribution in [3.63, 3.8) is 0 Å². The van der Waals surface area contributed by atoms with Crippen molar-refractivity contribution in [2.45, 2.75) is 13.0 Å². The molecule has 0 unspecified atom stereocenters. The van der Waals surface area contributed by atoms with Crippen molar-refractivity contribution in [1.29, 1.82) is 0 Å². The van der Waals surface area contributed by atoms with Crippen LogP contribution in [0.15, 0.2) is 60.4 Å². The molecule has 0 fully saturated rings. The zero-order valence-electron chi connectivity index (χ0n) is 15.1. The molecule has 0 saturated heterocycles. The fraction of sp³-hybridized carbons (Fsp3) is 0.136. The highest BCUT2D eigenvalue weighted by molar-refractivity contribution is 7.13. The highest BCUT2D eigenvalue weighted by atomic mass is 32.1. The lowest BCUT2D eigenvalue weighted by atomic mass is 9.98. The van der Waals surface area contributed by atoms with Crippen LogP contribution in [0.3, 0.4) is 0 Å². The number of anilines is 1. The molecule has 2 aromatic carbocycles. The van der Waals surface area contributed by atoms with E-state index in [1.165, 1.54) is 11.1 Å². The second-order valence-corrected chi connectivity index (χ2v) is 7.75. The Labute approximate surface area is 166 Å². The second kappa shape index (κ2) is 7.14. The lowest BCUT2D eigenvalue weighted by Crippen LogP contribution is -2.24. The molecular weight excluding hydrogens is 368 g/mol. The minimum atomic E-state index is -0.140. The number of nitrogens with zero attached hydrogens (tertiary/aromatic N) is 2. The minimum absolute atomic E-state index is 0.140. The number of benzene rings is 2. The van der Waals surface area contributed by atoms with Crippen molar-refractivity contribution >= 4 is 33.8 Å². The lowest BCUT2D eigenvalue weighted by Gasteiger charge is -2.17. The molecule has 6 heteroatoms. The highest BCUT2D eigenvalue weighted by Gasteiger charge is 2.13. The molecule has 28 heavy (non-hydrogen) atoms. The summed E-state index contributed by atoms with van der Waals surface area (Å²) in [6, 6.07) is 14.0. The normalized spacial score (nSPS) is 13.3. The van der Waals surface area contributed by atoms with Crippen LogP contribution in [0, 0.1) is 0 Å². The van der Waals surface area contributed by atoms with Crippen LogP contribution in [0.4, 0.5) is 5.82 Å². The second-order valence-electron chi connectivity index (χ2n) is 6.86. The molecule has 1 amide bonds. The lowest BCUT2D eigenvalue weighted by molar-refractivity contribution is 0.102. The van der Waals surface area contributed by atoms with Crippen molar-refractivity contribution in [1.82, 2.24) is 15.3 Å². The van der Waals surface area contributed by atoms with E-state index < -0.39 is 0 Å². The topological polar surface area (TPSA) is 66.9 Å². The number of hydrogen-bond donors (Lipinski definition) is 2. The van der Waals surface area contributed by atoms with Crippen LogP contribution in [0.5, 0.6) is 0 Å². The third kappa shape index (κ3) is 3.28. The van der Waals surface area contributed by atoms with E-state index in [0.29, 0.717) is 11.4 Å². The van der Waals surface area contributed by atoms with Crippen molar-refractivity contribution in [2.75, 3.05) is 11.9 Å². The monoisotopic (exact) mass is 386 g/mol. The van der Waals surface area contributed by atoms with Gasteiger partial charge in [0.1, 0.15) is 5.82 Å². The van der Waals surface area contributed by atoms with Crippen LogP contribution in [0.1, 0.15) is 21.5 Å². The van der Waals surface area contributed by atoms with Crippen molar-refractivity contribution in [2.24, 2.45) is 0 Å². The van der Waals surface area contributed by atoms with Crippen molar-refractivity contribution < 1.29 is 4.79 Å². The third-order valence-corrected chi connectivity index (χ3v) is 5.86. The van der Waals surface area contributed by atoms with E-state index in [-0.39, 0.29) is 5.91 Å². The van der Waals surface area contributed by atoms with Gasteiger partial charge in [-0.2, -0.15) is 0 Å². The maximum Gasteiger partial charge on any atom is 0.256 e. The maximum atomic E-state index is 12.7. The quantitative estimate of drug-likeness (QED) is 0.552. The van der Waals surface area contributed by atoms with Gasteiger partial charge in [-0.25, -0.2) is 4.98 Å². The zero-order chi connectivity index (χ0) is 18.9. The Bertz CT molecular complexity index is 1170. The maximum absolute atomic E-state index is 12.7. The predicted molar refractivity (Wildman–Crippen MR) is 113 cm³/mol. The summed E-state index contributed by atoms with van der Waals surface area (Å²) in [6.07, 6.45) is 4.66. The molecule has 4 aromatic rings. The van der Waals surface area contributed by atoms with E-state index in [0.717, 1.165) is 40.7 Å². The number of pyridine rings is 1. The third-order valence-electron chi connectivity index (χ3n) is 5.04. The molecule has 3 heterocycles. The van der Waals surface area contributed by atoms with Crippen LogP contribution in [0.2, 0.25) is 0 Å². The molecule has 0 saturated carbocycles. The fourth-order valence-electron chi connectivity index (χ4n) is 3.53. The van der Waals surface area contributed by atoms with Gasteiger partial charge < -0.3 is 10.6 Å². The predicted octanol–water partition coefficient (Wildman–Crippen LogP) is 4.26. The average Bonchev–Trinajstić information content (AvgIpc) is 3.28. The number of amides is 1. The first kappa shape index (κ1) is 17.0. The molecule has 0 spiro atoms. The summed E-state index contributed by atoms with van der Waals surface area (Å²) in [5.41, 5.74) is 6.10. The number of thiazole rings is 1. The smallest absolute Gasteiger partial charge is 0.256 e. The Morgan fingerprint density at radius 2 is 2.00 bits per heavy atom. The van der Waals surface area contributed by atoms with E-state index in [4.69, 9.17) is 0 Å². The Hall–Kier alpha value is -3.09. The summed E-state index contributed by atoms with van der Waals surface area (Å²) < 4.78 is 0. The molecule has 138 valence electrons. The van der Waals surface area contributed by atoms with Crippen molar-refractivity contribution in [3.8, 4) is 10.4 Å². The molecule has 0 bridgehead atoms.